The molecule has 2 heterocycles. The predicted molar refractivity (Wildman–Crippen MR) is 136 cm³/mol. The lowest BCUT2D eigenvalue weighted by molar-refractivity contribution is -0.140. The van der Waals surface area contributed by atoms with Crippen molar-refractivity contribution in [2.24, 2.45) is 0 Å². The van der Waals surface area contributed by atoms with Crippen LogP contribution < -0.4 is 9.47 Å². The number of carbonyl (C=O) groups excluding carboxylic acids is 2. The fraction of sp³-hybridized carbons (Fsp3) is 0.310. The molecule has 0 spiro atoms. The number of amides is 1. The van der Waals surface area contributed by atoms with Crippen LogP contribution >= 0.6 is 0 Å². The van der Waals surface area contributed by atoms with E-state index < -0.39 is 17.7 Å². The molecule has 1 amide bonds. The molecule has 1 fully saturated rings. The number of likely N-dealkylation sites (tertiary alicyclic amines) is 1. The van der Waals surface area contributed by atoms with Crippen LogP contribution in [0.25, 0.3) is 5.76 Å². The normalized spacial score (nSPS) is 17.2. The fourth-order valence-corrected chi connectivity index (χ4v) is 4.50. The molecule has 0 radical (unpaired) electrons. The molecule has 1 atom stereocenters. The monoisotopic (exact) mass is 489 g/mol. The molecule has 2 aromatic carbocycles. The summed E-state index contributed by atoms with van der Waals surface area (Å²) in [4.78, 5) is 28.0. The van der Waals surface area contributed by atoms with Crippen LogP contribution in [0.5, 0.6) is 11.5 Å². The second kappa shape index (κ2) is 10.3. The number of nitrogens with zero attached hydrogens (tertiary/aromatic N) is 1. The van der Waals surface area contributed by atoms with Crippen molar-refractivity contribution in [2.75, 3.05) is 13.7 Å². The summed E-state index contributed by atoms with van der Waals surface area (Å²) in [6.07, 6.45) is 0. The number of rotatable bonds is 8. The maximum atomic E-state index is 13.3. The Kier molecular flexibility index (Phi) is 7.20. The van der Waals surface area contributed by atoms with E-state index >= 15 is 0 Å². The van der Waals surface area contributed by atoms with Gasteiger partial charge in [-0.3, -0.25) is 9.59 Å². The van der Waals surface area contributed by atoms with Crippen molar-refractivity contribution in [3.8, 4) is 11.5 Å². The second-order valence-corrected chi connectivity index (χ2v) is 9.07. The molecular weight excluding hydrogens is 458 g/mol. The highest BCUT2D eigenvalue weighted by molar-refractivity contribution is 6.46. The highest BCUT2D eigenvalue weighted by Gasteiger charge is 2.47. The van der Waals surface area contributed by atoms with Gasteiger partial charge in [-0.1, -0.05) is 26.0 Å². The number of hydrogen-bond acceptors (Lipinski definition) is 6. The Labute approximate surface area is 210 Å². The molecule has 1 saturated heterocycles. The second-order valence-electron chi connectivity index (χ2n) is 9.07. The molecule has 7 heteroatoms. The largest absolute Gasteiger partial charge is 0.507 e. The van der Waals surface area contributed by atoms with Gasteiger partial charge in [0.25, 0.3) is 11.7 Å². The first-order chi connectivity index (χ1) is 17.2. The van der Waals surface area contributed by atoms with Gasteiger partial charge in [0.05, 0.1) is 19.3 Å². The minimum atomic E-state index is -0.876. The molecule has 0 saturated carbocycles. The van der Waals surface area contributed by atoms with Gasteiger partial charge >= 0.3 is 0 Å². The number of ketones is 1. The minimum Gasteiger partial charge on any atom is -0.507 e. The van der Waals surface area contributed by atoms with Crippen molar-refractivity contribution >= 4 is 17.4 Å². The molecule has 0 aliphatic carbocycles. The van der Waals surface area contributed by atoms with E-state index in [4.69, 9.17) is 13.9 Å². The molecule has 1 unspecified atom stereocenters. The van der Waals surface area contributed by atoms with E-state index in [2.05, 4.69) is 0 Å². The van der Waals surface area contributed by atoms with Crippen LogP contribution in [0.15, 0.2) is 64.6 Å². The van der Waals surface area contributed by atoms with E-state index in [1.165, 1.54) is 4.90 Å². The van der Waals surface area contributed by atoms with Gasteiger partial charge in [0.1, 0.15) is 34.8 Å². The maximum absolute atomic E-state index is 13.3. The van der Waals surface area contributed by atoms with Crippen molar-refractivity contribution in [1.29, 1.82) is 0 Å². The standard InChI is InChI=1S/C29H31NO6/c1-6-35-23-13-11-20(15-22(23)17(2)3)27(31)25-26(24-12-10-18(4)36-24)30(29(33)28(25)32)16-19-8-7-9-21(14-19)34-5/h7-15,17,26,31H,6,16H2,1-5H3/b27-25-. The summed E-state index contributed by atoms with van der Waals surface area (Å²) < 4.78 is 16.9. The molecule has 188 valence electrons. The van der Waals surface area contributed by atoms with Gasteiger partial charge in [0, 0.05) is 12.1 Å². The number of aryl methyl sites for hydroxylation is 1. The number of benzene rings is 2. The molecule has 1 aliphatic rings. The predicted octanol–water partition coefficient (Wildman–Crippen LogP) is 5.74. The summed E-state index contributed by atoms with van der Waals surface area (Å²) in [5.74, 6) is 0.837. The van der Waals surface area contributed by atoms with Crippen molar-refractivity contribution < 1.29 is 28.6 Å². The van der Waals surface area contributed by atoms with Gasteiger partial charge in [0.15, 0.2) is 0 Å². The topological polar surface area (TPSA) is 89.2 Å². The zero-order chi connectivity index (χ0) is 26.0. The Morgan fingerprint density at radius 3 is 2.53 bits per heavy atom. The lowest BCUT2D eigenvalue weighted by Gasteiger charge is -2.23. The first-order valence-electron chi connectivity index (χ1n) is 12.0. The zero-order valence-corrected chi connectivity index (χ0v) is 21.2. The summed E-state index contributed by atoms with van der Waals surface area (Å²) in [5.41, 5.74) is 2.12. The van der Waals surface area contributed by atoms with E-state index in [9.17, 15) is 14.7 Å². The SMILES string of the molecule is CCOc1ccc(/C(O)=C2/C(=O)C(=O)N(Cc3cccc(OC)c3)C2c2ccc(C)o2)cc1C(C)C. The highest BCUT2D eigenvalue weighted by Crippen LogP contribution is 2.42. The van der Waals surface area contributed by atoms with E-state index in [0.717, 1.165) is 16.9 Å². The van der Waals surface area contributed by atoms with Gasteiger partial charge in [-0.05, 0) is 73.4 Å². The first kappa shape index (κ1) is 25.1. The minimum absolute atomic E-state index is 0.00360. The van der Waals surface area contributed by atoms with Gasteiger partial charge in [0.2, 0.25) is 0 Å². The quantitative estimate of drug-likeness (QED) is 0.247. The molecule has 1 aromatic heterocycles. The summed E-state index contributed by atoms with van der Waals surface area (Å²) in [5, 5.41) is 11.4. The van der Waals surface area contributed by atoms with Crippen LogP contribution in [0.4, 0.5) is 0 Å². The number of carbonyl (C=O) groups is 2. The van der Waals surface area contributed by atoms with E-state index in [1.807, 2.05) is 51.1 Å². The Balaban J connectivity index is 1.84. The van der Waals surface area contributed by atoms with Gasteiger partial charge < -0.3 is 23.9 Å². The van der Waals surface area contributed by atoms with Crippen LogP contribution in [0, 0.1) is 6.92 Å². The van der Waals surface area contributed by atoms with Crippen molar-refractivity contribution in [1.82, 2.24) is 4.90 Å². The summed E-state index contributed by atoms with van der Waals surface area (Å²) in [7, 11) is 1.57. The number of aliphatic hydroxyl groups excluding tert-OH is 1. The van der Waals surface area contributed by atoms with Crippen LogP contribution in [-0.2, 0) is 16.1 Å². The number of furan rings is 1. The third kappa shape index (κ3) is 4.73. The number of aliphatic hydroxyl groups is 1. The van der Waals surface area contributed by atoms with E-state index in [1.54, 1.807) is 38.3 Å². The van der Waals surface area contributed by atoms with Gasteiger partial charge in [-0.25, -0.2) is 0 Å². The molecule has 1 aliphatic heterocycles. The van der Waals surface area contributed by atoms with Crippen LogP contribution in [-0.4, -0.2) is 35.4 Å². The molecule has 7 nitrogen and oxygen atoms in total. The Hall–Kier alpha value is -4.00. The van der Waals surface area contributed by atoms with Gasteiger partial charge in [-0.2, -0.15) is 0 Å². The Bertz CT molecular complexity index is 1320. The van der Waals surface area contributed by atoms with Crippen molar-refractivity contribution in [3.05, 3.63) is 88.4 Å². The Morgan fingerprint density at radius 2 is 1.89 bits per heavy atom. The average Bonchev–Trinajstić information content (AvgIpc) is 3.40. The fourth-order valence-electron chi connectivity index (χ4n) is 4.50. The molecule has 1 N–H and O–H groups in total. The van der Waals surface area contributed by atoms with Crippen molar-refractivity contribution in [3.63, 3.8) is 0 Å². The lowest BCUT2D eigenvalue weighted by atomic mass is 9.95. The number of ether oxygens (including phenoxy) is 2. The maximum Gasteiger partial charge on any atom is 0.296 e. The van der Waals surface area contributed by atoms with Gasteiger partial charge in [-0.15, -0.1) is 0 Å². The first-order valence-corrected chi connectivity index (χ1v) is 12.0. The summed E-state index contributed by atoms with van der Waals surface area (Å²) in [6.45, 7) is 8.41. The highest BCUT2D eigenvalue weighted by atomic mass is 16.5. The third-order valence-corrected chi connectivity index (χ3v) is 6.26. The zero-order valence-electron chi connectivity index (χ0n) is 21.2. The van der Waals surface area contributed by atoms with Crippen molar-refractivity contribution in [2.45, 2.75) is 46.2 Å². The van der Waals surface area contributed by atoms with Crippen LogP contribution in [0.2, 0.25) is 0 Å². The summed E-state index contributed by atoms with van der Waals surface area (Å²) in [6, 6.07) is 15.2. The average molecular weight is 490 g/mol. The Morgan fingerprint density at radius 1 is 1.11 bits per heavy atom. The number of Topliss-reactive ketones (excluding diaryl/α,β-unsaturated/α-hetero) is 1. The molecule has 0 bridgehead atoms. The van der Waals surface area contributed by atoms with E-state index in [-0.39, 0.29) is 23.8 Å². The molecule has 3 aromatic rings. The number of hydrogen-bond donors (Lipinski definition) is 1. The van der Waals surface area contributed by atoms with E-state index in [0.29, 0.717) is 29.4 Å². The number of methoxy groups -OCH3 is 1. The lowest BCUT2D eigenvalue weighted by Crippen LogP contribution is -2.29. The molecule has 4 rings (SSSR count). The van der Waals surface area contributed by atoms with Crippen LogP contribution in [0.1, 0.15) is 60.9 Å². The summed E-state index contributed by atoms with van der Waals surface area (Å²) >= 11 is 0. The molecule has 36 heavy (non-hydrogen) atoms. The van der Waals surface area contributed by atoms with Crippen LogP contribution in [0.3, 0.4) is 0 Å². The third-order valence-electron chi connectivity index (χ3n) is 6.26. The smallest absolute Gasteiger partial charge is 0.296 e. The molecular formula is C29H31NO6.